The summed E-state index contributed by atoms with van der Waals surface area (Å²) >= 11 is 0. The molecule has 128 valence electrons. The van der Waals surface area contributed by atoms with Crippen LogP contribution in [0.15, 0.2) is 12.7 Å². The predicted octanol–water partition coefficient (Wildman–Crippen LogP) is 4.54. The Morgan fingerprint density at radius 2 is 2.05 bits per heavy atom. The van der Waals surface area contributed by atoms with Crippen molar-refractivity contribution in [2.45, 2.75) is 77.4 Å². The molecule has 1 aliphatic heterocycles. The summed E-state index contributed by atoms with van der Waals surface area (Å²) in [6, 6.07) is 0. The maximum absolute atomic E-state index is 12.2. The highest BCUT2D eigenvalue weighted by Gasteiger charge is 2.40. The average Bonchev–Trinajstić information content (AvgIpc) is 2.86. The van der Waals surface area contributed by atoms with Gasteiger partial charge in [0.15, 0.2) is 0 Å². The van der Waals surface area contributed by atoms with Gasteiger partial charge in [-0.05, 0) is 52.9 Å². The Balaban J connectivity index is 2.38. The van der Waals surface area contributed by atoms with E-state index in [0.29, 0.717) is 6.54 Å². The first kappa shape index (κ1) is 19.0. The number of nitrogens with zero attached hydrogens (tertiary/aromatic N) is 1. The van der Waals surface area contributed by atoms with E-state index in [2.05, 4.69) is 13.5 Å². The summed E-state index contributed by atoms with van der Waals surface area (Å²) in [6.45, 7) is 13.7. The van der Waals surface area contributed by atoms with Crippen LogP contribution < -0.4 is 0 Å². The molecule has 1 saturated heterocycles. The highest BCUT2D eigenvalue weighted by molar-refractivity contribution is 5.68. The number of rotatable bonds is 8. The molecule has 0 aliphatic carbocycles. The van der Waals surface area contributed by atoms with Gasteiger partial charge < -0.3 is 14.4 Å². The van der Waals surface area contributed by atoms with E-state index in [1.165, 1.54) is 12.8 Å². The second kappa shape index (κ2) is 8.56. The highest BCUT2D eigenvalue weighted by Crippen LogP contribution is 2.30. The SMILES string of the molecule is C=CCCCCCOC1(CC)CCN(C(=O)OC(C)(C)C)C1. The molecule has 0 aromatic heterocycles. The van der Waals surface area contributed by atoms with Gasteiger partial charge in [0.2, 0.25) is 0 Å². The molecule has 1 amide bonds. The zero-order chi connectivity index (χ0) is 16.6. The molecular weight excluding hydrogens is 278 g/mol. The number of allylic oxidation sites excluding steroid dienone is 1. The van der Waals surface area contributed by atoms with Crippen LogP contribution in [0.1, 0.15) is 66.2 Å². The molecule has 1 fully saturated rings. The molecule has 4 heteroatoms. The van der Waals surface area contributed by atoms with Gasteiger partial charge in [-0.15, -0.1) is 6.58 Å². The van der Waals surface area contributed by atoms with Crippen molar-refractivity contribution in [1.29, 1.82) is 0 Å². The fourth-order valence-corrected chi connectivity index (χ4v) is 2.69. The van der Waals surface area contributed by atoms with Crippen molar-refractivity contribution in [3.63, 3.8) is 0 Å². The smallest absolute Gasteiger partial charge is 0.410 e. The van der Waals surface area contributed by atoms with Gasteiger partial charge in [-0.1, -0.05) is 19.4 Å². The highest BCUT2D eigenvalue weighted by atomic mass is 16.6. The number of hydrogen-bond donors (Lipinski definition) is 0. The first-order valence-corrected chi connectivity index (χ1v) is 8.55. The lowest BCUT2D eigenvalue weighted by Crippen LogP contribution is -2.40. The van der Waals surface area contributed by atoms with Gasteiger partial charge in [-0.3, -0.25) is 0 Å². The molecule has 0 aromatic carbocycles. The van der Waals surface area contributed by atoms with Gasteiger partial charge in [0.1, 0.15) is 5.60 Å². The summed E-state index contributed by atoms with van der Waals surface area (Å²) in [4.78, 5) is 13.9. The van der Waals surface area contributed by atoms with Crippen LogP contribution in [0.2, 0.25) is 0 Å². The van der Waals surface area contributed by atoms with Crippen LogP contribution in [-0.4, -0.2) is 41.9 Å². The molecule has 1 atom stereocenters. The van der Waals surface area contributed by atoms with Crippen LogP contribution in [0.4, 0.5) is 4.79 Å². The molecule has 1 aliphatic rings. The number of ether oxygens (including phenoxy) is 2. The maximum Gasteiger partial charge on any atom is 0.410 e. The van der Waals surface area contributed by atoms with Crippen molar-refractivity contribution < 1.29 is 14.3 Å². The van der Waals surface area contributed by atoms with Crippen LogP contribution in [0.3, 0.4) is 0 Å². The summed E-state index contributed by atoms with van der Waals surface area (Å²) in [5.74, 6) is 0. The van der Waals surface area contributed by atoms with Crippen molar-refractivity contribution in [2.24, 2.45) is 0 Å². The molecular formula is C18H33NO3. The topological polar surface area (TPSA) is 38.8 Å². The number of carbonyl (C=O) groups is 1. The zero-order valence-corrected chi connectivity index (χ0v) is 14.8. The number of carbonyl (C=O) groups excluding carboxylic acids is 1. The minimum absolute atomic E-state index is 0.185. The van der Waals surface area contributed by atoms with Crippen LogP contribution in [0.5, 0.6) is 0 Å². The van der Waals surface area contributed by atoms with E-state index < -0.39 is 5.60 Å². The molecule has 0 radical (unpaired) electrons. The number of amides is 1. The van der Waals surface area contributed by atoms with E-state index in [1.54, 1.807) is 4.90 Å². The summed E-state index contributed by atoms with van der Waals surface area (Å²) in [6.07, 6.45) is 8.06. The molecule has 1 rings (SSSR count). The lowest BCUT2D eigenvalue weighted by molar-refractivity contribution is -0.0438. The lowest BCUT2D eigenvalue weighted by Gasteiger charge is -2.29. The average molecular weight is 311 g/mol. The molecule has 22 heavy (non-hydrogen) atoms. The Labute approximate surface area is 135 Å². The van der Waals surface area contributed by atoms with Gasteiger partial charge in [-0.25, -0.2) is 4.79 Å². The van der Waals surface area contributed by atoms with Gasteiger partial charge in [-0.2, -0.15) is 0 Å². The Morgan fingerprint density at radius 3 is 2.64 bits per heavy atom. The molecule has 0 bridgehead atoms. The molecule has 0 N–H and O–H groups in total. The first-order valence-electron chi connectivity index (χ1n) is 8.55. The molecule has 4 nitrogen and oxygen atoms in total. The normalized spacial score (nSPS) is 21.9. The van der Waals surface area contributed by atoms with Gasteiger partial charge in [0.25, 0.3) is 0 Å². The first-order chi connectivity index (χ1) is 10.3. The zero-order valence-electron chi connectivity index (χ0n) is 14.8. The second-order valence-electron chi connectivity index (χ2n) is 7.17. The van der Waals surface area contributed by atoms with E-state index >= 15 is 0 Å². The van der Waals surface area contributed by atoms with Crippen molar-refractivity contribution in [2.75, 3.05) is 19.7 Å². The van der Waals surface area contributed by atoms with Crippen LogP contribution in [-0.2, 0) is 9.47 Å². The van der Waals surface area contributed by atoms with Crippen molar-refractivity contribution in [3.05, 3.63) is 12.7 Å². The standard InChI is InChI=1S/C18H33NO3/c1-6-8-9-10-11-14-21-18(7-2)12-13-19(15-18)16(20)22-17(3,4)5/h6H,1,7-15H2,2-5H3. The van der Waals surface area contributed by atoms with Gasteiger partial charge in [0.05, 0.1) is 12.1 Å². The minimum atomic E-state index is -0.444. The van der Waals surface area contributed by atoms with Crippen LogP contribution in [0.25, 0.3) is 0 Å². The third kappa shape index (κ3) is 6.39. The van der Waals surface area contributed by atoms with Gasteiger partial charge in [0, 0.05) is 13.2 Å². The third-order valence-corrected chi connectivity index (χ3v) is 4.07. The van der Waals surface area contributed by atoms with Crippen LogP contribution >= 0.6 is 0 Å². The Kier molecular flexibility index (Phi) is 7.40. The summed E-state index contributed by atoms with van der Waals surface area (Å²) in [7, 11) is 0. The lowest BCUT2D eigenvalue weighted by atomic mass is 10.00. The van der Waals surface area contributed by atoms with E-state index in [0.717, 1.165) is 38.8 Å². The largest absolute Gasteiger partial charge is 0.444 e. The molecule has 1 unspecified atom stereocenters. The van der Waals surface area contributed by atoms with E-state index in [1.807, 2.05) is 26.8 Å². The summed E-state index contributed by atoms with van der Waals surface area (Å²) in [5.41, 5.74) is -0.629. The van der Waals surface area contributed by atoms with Crippen molar-refractivity contribution >= 4 is 6.09 Å². The third-order valence-electron chi connectivity index (χ3n) is 4.07. The molecule has 1 heterocycles. The Bertz CT molecular complexity index is 362. The number of unbranched alkanes of at least 4 members (excludes halogenated alkanes) is 3. The monoisotopic (exact) mass is 311 g/mol. The fourth-order valence-electron chi connectivity index (χ4n) is 2.69. The van der Waals surface area contributed by atoms with Crippen LogP contribution in [0, 0.1) is 0 Å². The van der Waals surface area contributed by atoms with Crippen molar-refractivity contribution in [3.8, 4) is 0 Å². The minimum Gasteiger partial charge on any atom is -0.444 e. The number of hydrogen-bond acceptors (Lipinski definition) is 3. The predicted molar refractivity (Wildman–Crippen MR) is 90.1 cm³/mol. The van der Waals surface area contributed by atoms with E-state index in [-0.39, 0.29) is 11.7 Å². The van der Waals surface area contributed by atoms with E-state index in [4.69, 9.17) is 9.47 Å². The Morgan fingerprint density at radius 1 is 1.32 bits per heavy atom. The van der Waals surface area contributed by atoms with Crippen molar-refractivity contribution in [1.82, 2.24) is 4.90 Å². The number of likely N-dealkylation sites (tertiary alicyclic amines) is 1. The van der Waals surface area contributed by atoms with E-state index in [9.17, 15) is 4.79 Å². The summed E-state index contributed by atoms with van der Waals surface area (Å²) in [5, 5.41) is 0. The molecule has 0 aromatic rings. The fraction of sp³-hybridized carbons (Fsp3) is 0.833. The molecule has 0 spiro atoms. The Hall–Kier alpha value is -1.03. The summed E-state index contributed by atoms with van der Waals surface area (Å²) < 4.78 is 11.6. The van der Waals surface area contributed by atoms with Gasteiger partial charge >= 0.3 is 6.09 Å². The second-order valence-corrected chi connectivity index (χ2v) is 7.17. The molecule has 0 saturated carbocycles. The quantitative estimate of drug-likeness (QED) is 0.488. The maximum atomic E-state index is 12.2.